The van der Waals surface area contributed by atoms with E-state index in [0.29, 0.717) is 22.0 Å². The lowest BCUT2D eigenvalue weighted by Crippen LogP contribution is -2.17. The van der Waals surface area contributed by atoms with E-state index in [1.807, 2.05) is 18.5 Å². The molecule has 0 aliphatic heterocycles. The molecule has 2 rings (SSSR count). The molecule has 2 aromatic rings. The van der Waals surface area contributed by atoms with Crippen molar-refractivity contribution in [3.63, 3.8) is 0 Å². The van der Waals surface area contributed by atoms with Crippen molar-refractivity contribution in [2.45, 2.75) is 39.3 Å². The van der Waals surface area contributed by atoms with Gasteiger partial charge in [0, 0.05) is 24.0 Å². The van der Waals surface area contributed by atoms with Gasteiger partial charge in [-0.05, 0) is 31.0 Å². The average Bonchev–Trinajstić information content (AvgIpc) is 2.75. The van der Waals surface area contributed by atoms with Crippen LogP contribution in [0.2, 0.25) is 10.0 Å². The van der Waals surface area contributed by atoms with Gasteiger partial charge in [0.05, 0.1) is 16.4 Å². The zero-order valence-electron chi connectivity index (χ0n) is 12.0. The lowest BCUT2D eigenvalue weighted by atomic mass is 10.0. The second-order valence-electron chi connectivity index (χ2n) is 4.85. The number of rotatable bonds is 5. The van der Waals surface area contributed by atoms with Gasteiger partial charge in [0.25, 0.3) is 0 Å². The normalized spacial score (nSPS) is 12.7. The van der Waals surface area contributed by atoms with Crippen molar-refractivity contribution < 1.29 is 4.39 Å². The van der Waals surface area contributed by atoms with Crippen molar-refractivity contribution in [2.24, 2.45) is 5.73 Å². The minimum atomic E-state index is -0.374. The molecule has 0 saturated carbocycles. The van der Waals surface area contributed by atoms with Gasteiger partial charge in [-0.3, -0.25) is 4.68 Å². The summed E-state index contributed by atoms with van der Waals surface area (Å²) in [6.45, 7) is 4.73. The molecule has 0 spiro atoms. The zero-order valence-corrected chi connectivity index (χ0v) is 13.5. The van der Waals surface area contributed by atoms with Crippen LogP contribution in [-0.4, -0.2) is 9.78 Å². The minimum Gasteiger partial charge on any atom is -0.324 e. The highest BCUT2D eigenvalue weighted by Gasteiger charge is 2.19. The Hall–Kier alpha value is -1.10. The van der Waals surface area contributed by atoms with Gasteiger partial charge in [-0.15, -0.1) is 0 Å². The van der Waals surface area contributed by atoms with Crippen LogP contribution in [0.5, 0.6) is 0 Å². The van der Waals surface area contributed by atoms with Crippen molar-refractivity contribution >= 4 is 23.2 Å². The van der Waals surface area contributed by atoms with Crippen LogP contribution in [0.1, 0.15) is 36.8 Å². The second-order valence-corrected chi connectivity index (χ2v) is 5.64. The van der Waals surface area contributed by atoms with Crippen molar-refractivity contribution in [1.82, 2.24) is 9.78 Å². The topological polar surface area (TPSA) is 43.8 Å². The monoisotopic (exact) mass is 329 g/mol. The van der Waals surface area contributed by atoms with Crippen LogP contribution in [0.25, 0.3) is 0 Å². The van der Waals surface area contributed by atoms with E-state index in [1.165, 1.54) is 12.1 Å². The second kappa shape index (κ2) is 6.77. The van der Waals surface area contributed by atoms with Crippen molar-refractivity contribution in [2.75, 3.05) is 0 Å². The summed E-state index contributed by atoms with van der Waals surface area (Å²) in [5.41, 5.74) is 8.68. The predicted octanol–water partition coefficient (Wildman–Crippen LogP) is 4.15. The molecule has 3 nitrogen and oxygen atoms in total. The van der Waals surface area contributed by atoms with E-state index in [1.54, 1.807) is 6.07 Å². The van der Waals surface area contributed by atoms with E-state index < -0.39 is 0 Å². The SMILES string of the molecule is CCc1nn(CC)c(CC(N)c2ccc(F)cc2Cl)c1Cl. The molecule has 1 unspecified atom stereocenters. The predicted molar refractivity (Wildman–Crippen MR) is 84.3 cm³/mol. The summed E-state index contributed by atoms with van der Waals surface area (Å²) in [6.07, 6.45) is 1.27. The molecule has 0 aliphatic rings. The maximum absolute atomic E-state index is 13.1. The Morgan fingerprint density at radius 1 is 1.33 bits per heavy atom. The van der Waals surface area contributed by atoms with Crippen LogP contribution in [-0.2, 0) is 19.4 Å². The summed E-state index contributed by atoms with van der Waals surface area (Å²) in [5, 5.41) is 5.46. The summed E-state index contributed by atoms with van der Waals surface area (Å²) in [5.74, 6) is -0.374. The summed E-state index contributed by atoms with van der Waals surface area (Å²) in [4.78, 5) is 0. The van der Waals surface area contributed by atoms with Gasteiger partial charge in [0.15, 0.2) is 0 Å². The third-order valence-corrected chi connectivity index (χ3v) is 4.23. The Kier molecular flexibility index (Phi) is 5.25. The maximum Gasteiger partial charge on any atom is 0.124 e. The molecule has 0 amide bonds. The molecule has 21 heavy (non-hydrogen) atoms. The molecule has 2 N–H and O–H groups in total. The van der Waals surface area contributed by atoms with Crippen LogP contribution in [0, 0.1) is 5.82 Å². The third-order valence-electron chi connectivity index (χ3n) is 3.47. The lowest BCUT2D eigenvalue weighted by Gasteiger charge is -2.15. The Bertz CT molecular complexity index is 640. The maximum atomic E-state index is 13.1. The van der Waals surface area contributed by atoms with Crippen LogP contribution >= 0.6 is 23.2 Å². The fourth-order valence-electron chi connectivity index (χ4n) is 2.33. The van der Waals surface area contributed by atoms with Gasteiger partial charge in [0.1, 0.15) is 5.82 Å². The first-order valence-corrected chi connectivity index (χ1v) is 7.68. The molecule has 1 aromatic carbocycles. The molecule has 0 bridgehead atoms. The molecular formula is C15H18Cl2FN3. The first-order chi connectivity index (χ1) is 9.97. The van der Waals surface area contributed by atoms with E-state index in [9.17, 15) is 4.39 Å². The zero-order chi connectivity index (χ0) is 15.6. The minimum absolute atomic E-state index is 0.330. The fraction of sp³-hybridized carbons (Fsp3) is 0.400. The van der Waals surface area contributed by atoms with Gasteiger partial charge < -0.3 is 5.73 Å². The highest BCUT2D eigenvalue weighted by atomic mass is 35.5. The number of hydrogen-bond donors (Lipinski definition) is 1. The molecule has 1 aromatic heterocycles. The number of benzene rings is 1. The van der Waals surface area contributed by atoms with E-state index in [2.05, 4.69) is 5.10 Å². The average molecular weight is 330 g/mol. The molecule has 6 heteroatoms. The fourth-order valence-corrected chi connectivity index (χ4v) is 2.99. The first kappa shape index (κ1) is 16.3. The van der Waals surface area contributed by atoms with E-state index in [0.717, 1.165) is 24.4 Å². The molecule has 114 valence electrons. The standard InChI is InChI=1S/C15H18Cl2FN3/c1-3-13-15(17)14(21(4-2)20-13)8-12(19)10-6-5-9(18)7-11(10)16/h5-7,12H,3-4,8,19H2,1-2H3. The van der Waals surface area contributed by atoms with Crippen LogP contribution in [0.4, 0.5) is 4.39 Å². The van der Waals surface area contributed by atoms with Gasteiger partial charge in [-0.25, -0.2) is 4.39 Å². The van der Waals surface area contributed by atoms with Crippen molar-refractivity contribution in [3.8, 4) is 0 Å². The molecule has 0 fully saturated rings. The van der Waals surface area contributed by atoms with Crippen molar-refractivity contribution in [3.05, 3.63) is 51.0 Å². The molecule has 0 radical (unpaired) electrons. The smallest absolute Gasteiger partial charge is 0.124 e. The Morgan fingerprint density at radius 2 is 2.05 bits per heavy atom. The van der Waals surface area contributed by atoms with Crippen LogP contribution in [0.3, 0.4) is 0 Å². The Morgan fingerprint density at radius 3 is 2.62 bits per heavy atom. The number of aromatic nitrogens is 2. The number of hydrogen-bond acceptors (Lipinski definition) is 2. The molecule has 1 heterocycles. The van der Waals surface area contributed by atoms with E-state index in [4.69, 9.17) is 28.9 Å². The van der Waals surface area contributed by atoms with Gasteiger partial charge in [-0.1, -0.05) is 36.2 Å². The largest absolute Gasteiger partial charge is 0.324 e. The molecular weight excluding hydrogens is 312 g/mol. The Balaban J connectivity index is 2.31. The first-order valence-electron chi connectivity index (χ1n) is 6.92. The number of nitrogens with zero attached hydrogens (tertiary/aromatic N) is 2. The number of nitrogens with two attached hydrogens (primary N) is 1. The van der Waals surface area contributed by atoms with Gasteiger partial charge in [-0.2, -0.15) is 5.10 Å². The van der Waals surface area contributed by atoms with Crippen LogP contribution < -0.4 is 5.73 Å². The lowest BCUT2D eigenvalue weighted by molar-refractivity contribution is 0.584. The van der Waals surface area contributed by atoms with Gasteiger partial charge >= 0.3 is 0 Å². The highest BCUT2D eigenvalue weighted by molar-refractivity contribution is 6.32. The summed E-state index contributed by atoms with van der Waals surface area (Å²) < 4.78 is 15.0. The third kappa shape index (κ3) is 3.39. The van der Waals surface area contributed by atoms with Gasteiger partial charge in [0.2, 0.25) is 0 Å². The summed E-state index contributed by atoms with van der Waals surface area (Å²) in [7, 11) is 0. The quantitative estimate of drug-likeness (QED) is 0.895. The number of halogens is 3. The highest BCUT2D eigenvalue weighted by Crippen LogP contribution is 2.29. The Labute approximate surface area is 133 Å². The molecule has 0 aliphatic carbocycles. The summed E-state index contributed by atoms with van der Waals surface area (Å²) in [6, 6.07) is 3.88. The molecule has 1 atom stereocenters. The molecule has 0 saturated heterocycles. The van der Waals surface area contributed by atoms with E-state index >= 15 is 0 Å². The van der Waals surface area contributed by atoms with Crippen LogP contribution in [0.15, 0.2) is 18.2 Å². The summed E-state index contributed by atoms with van der Waals surface area (Å²) >= 11 is 12.4. The van der Waals surface area contributed by atoms with Crippen molar-refractivity contribution in [1.29, 1.82) is 0 Å². The van der Waals surface area contributed by atoms with E-state index in [-0.39, 0.29) is 11.9 Å². The number of aryl methyl sites for hydroxylation is 2.